The zero-order valence-corrected chi connectivity index (χ0v) is 13.3. The third kappa shape index (κ3) is 5.28. The number of rotatable bonds is 7. The molecule has 0 aromatic heterocycles. The van der Waals surface area contributed by atoms with E-state index in [4.69, 9.17) is 0 Å². The summed E-state index contributed by atoms with van der Waals surface area (Å²) in [4.78, 5) is 2.53. The van der Waals surface area contributed by atoms with Gasteiger partial charge in [0, 0.05) is 26.2 Å². The summed E-state index contributed by atoms with van der Waals surface area (Å²) in [7, 11) is 0. The van der Waals surface area contributed by atoms with Crippen molar-refractivity contribution < 1.29 is 0 Å². The van der Waals surface area contributed by atoms with E-state index in [0.29, 0.717) is 5.41 Å². The number of benzene rings is 1. The first-order valence-electron chi connectivity index (χ1n) is 7.30. The quantitative estimate of drug-likeness (QED) is 0.777. The van der Waals surface area contributed by atoms with E-state index in [2.05, 4.69) is 54.1 Å². The van der Waals surface area contributed by atoms with Gasteiger partial charge in [-0.15, -0.1) is 19.0 Å². The van der Waals surface area contributed by atoms with Gasteiger partial charge in [0.1, 0.15) is 0 Å². The molecule has 0 amide bonds. The summed E-state index contributed by atoms with van der Waals surface area (Å²) in [6.45, 7) is 11.9. The number of nitrogens with zero attached hydrogens (tertiary/aromatic N) is 1. The molecule has 0 aliphatic carbocycles. The second-order valence-electron chi connectivity index (χ2n) is 6.00. The van der Waals surface area contributed by atoms with Crippen LogP contribution in [0.3, 0.4) is 0 Å². The van der Waals surface area contributed by atoms with Gasteiger partial charge in [-0.25, -0.2) is 0 Å². The molecule has 1 heterocycles. The van der Waals surface area contributed by atoms with Gasteiger partial charge in [-0.3, -0.25) is 4.90 Å². The average molecular weight is 295 g/mol. The smallest absolute Gasteiger partial charge is 0.0160 e. The van der Waals surface area contributed by atoms with Crippen LogP contribution in [0.1, 0.15) is 18.9 Å². The minimum atomic E-state index is 0. The SMILES string of the molecule is C=CCN(CCc1ccccc1)CC1(C)CCNC1.Cl. The first kappa shape index (κ1) is 17.2. The molecular weight excluding hydrogens is 268 g/mol. The summed E-state index contributed by atoms with van der Waals surface area (Å²) in [5.74, 6) is 0. The summed E-state index contributed by atoms with van der Waals surface area (Å²) in [6, 6.07) is 10.7. The molecule has 0 saturated carbocycles. The van der Waals surface area contributed by atoms with Gasteiger partial charge < -0.3 is 5.32 Å². The Hall–Kier alpha value is -0.830. The van der Waals surface area contributed by atoms with Crippen LogP contribution < -0.4 is 5.32 Å². The molecule has 1 fully saturated rings. The van der Waals surface area contributed by atoms with E-state index in [1.54, 1.807) is 0 Å². The van der Waals surface area contributed by atoms with Crippen LogP contribution in [-0.4, -0.2) is 37.6 Å². The van der Waals surface area contributed by atoms with Gasteiger partial charge in [-0.05, 0) is 30.4 Å². The number of hydrogen-bond acceptors (Lipinski definition) is 2. The van der Waals surface area contributed by atoms with Crippen molar-refractivity contribution >= 4 is 12.4 Å². The predicted octanol–water partition coefficient (Wildman–Crippen LogP) is 3.14. The van der Waals surface area contributed by atoms with Gasteiger partial charge >= 0.3 is 0 Å². The highest BCUT2D eigenvalue weighted by Crippen LogP contribution is 2.25. The lowest BCUT2D eigenvalue weighted by molar-refractivity contribution is 0.194. The fourth-order valence-corrected chi connectivity index (χ4v) is 2.89. The minimum Gasteiger partial charge on any atom is -0.316 e. The average Bonchev–Trinajstić information content (AvgIpc) is 2.84. The topological polar surface area (TPSA) is 15.3 Å². The molecule has 1 unspecified atom stereocenters. The van der Waals surface area contributed by atoms with Crippen molar-refractivity contribution in [3.05, 3.63) is 48.6 Å². The summed E-state index contributed by atoms with van der Waals surface area (Å²) < 4.78 is 0. The number of hydrogen-bond donors (Lipinski definition) is 1. The Bertz CT molecular complexity index is 385. The van der Waals surface area contributed by atoms with Gasteiger partial charge in [0.2, 0.25) is 0 Å². The first-order valence-corrected chi connectivity index (χ1v) is 7.30. The molecule has 1 aliphatic heterocycles. The van der Waals surface area contributed by atoms with Crippen LogP contribution in [0.15, 0.2) is 43.0 Å². The fraction of sp³-hybridized carbons (Fsp3) is 0.529. The van der Waals surface area contributed by atoms with Crippen molar-refractivity contribution in [2.75, 3.05) is 32.7 Å². The minimum absolute atomic E-state index is 0. The van der Waals surface area contributed by atoms with Gasteiger partial charge in [0.15, 0.2) is 0 Å². The standard InChI is InChI=1S/C17H26N2.ClH/c1-3-12-19(15-17(2)10-11-18-14-17)13-9-16-7-5-4-6-8-16;/h3-8,18H,1,9-15H2,2H3;1H. The highest BCUT2D eigenvalue weighted by atomic mass is 35.5. The van der Waals surface area contributed by atoms with Crippen molar-refractivity contribution in [1.29, 1.82) is 0 Å². The summed E-state index contributed by atoms with van der Waals surface area (Å²) in [5, 5.41) is 3.48. The Balaban J connectivity index is 0.00000200. The lowest BCUT2D eigenvalue weighted by Gasteiger charge is -2.31. The number of nitrogens with one attached hydrogen (secondary N) is 1. The Morgan fingerprint density at radius 2 is 2.10 bits per heavy atom. The molecule has 20 heavy (non-hydrogen) atoms. The normalized spacial score (nSPS) is 21.7. The molecular formula is C17H27ClN2. The predicted molar refractivity (Wildman–Crippen MR) is 89.6 cm³/mol. The van der Waals surface area contributed by atoms with E-state index in [1.807, 2.05) is 6.08 Å². The molecule has 1 N–H and O–H groups in total. The maximum absolute atomic E-state index is 3.90. The lowest BCUT2D eigenvalue weighted by atomic mass is 9.89. The van der Waals surface area contributed by atoms with E-state index >= 15 is 0 Å². The van der Waals surface area contributed by atoms with Crippen LogP contribution in [0, 0.1) is 5.41 Å². The van der Waals surface area contributed by atoms with Gasteiger partial charge in [0.05, 0.1) is 0 Å². The Labute approximate surface area is 129 Å². The zero-order valence-electron chi connectivity index (χ0n) is 12.5. The van der Waals surface area contributed by atoms with E-state index in [1.165, 1.54) is 18.5 Å². The molecule has 1 aromatic carbocycles. The van der Waals surface area contributed by atoms with Crippen molar-refractivity contribution in [2.45, 2.75) is 19.8 Å². The van der Waals surface area contributed by atoms with Crippen LogP contribution in [0.5, 0.6) is 0 Å². The van der Waals surface area contributed by atoms with Gasteiger partial charge in [-0.1, -0.05) is 43.3 Å². The largest absolute Gasteiger partial charge is 0.316 e. The molecule has 0 radical (unpaired) electrons. The molecule has 0 spiro atoms. The van der Waals surface area contributed by atoms with Crippen molar-refractivity contribution in [2.24, 2.45) is 5.41 Å². The summed E-state index contributed by atoms with van der Waals surface area (Å²) >= 11 is 0. The third-order valence-electron chi connectivity index (χ3n) is 4.01. The van der Waals surface area contributed by atoms with Crippen LogP contribution >= 0.6 is 12.4 Å². The first-order chi connectivity index (χ1) is 9.22. The van der Waals surface area contributed by atoms with Gasteiger partial charge in [0.25, 0.3) is 0 Å². The highest BCUT2D eigenvalue weighted by molar-refractivity contribution is 5.85. The highest BCUT2D eigenvalue weighted by Gasteiger charge is 2.30. The van der Waals surface area contributed by atoms with Crippen LogP contribution in [0.25, 0.3) is 0 Å². The Kier molecular flexibility index (Phi) is 7.28. The molecule has 3 heteroatoms. The Morgan fingerprint density at radius 3 is 2.70 bits per heavy atom. The maximum atomic E-state index is 3.90. The molecule has 1 atom stereocenters. The van der Waals surface area contributed by atoms with Crippen molar-refractivity contribution in [3.63, 3.8) is 0 Å². The van der Waals surface area contributed by atoms with Crippen molar-refractivity contribution in [1.82, 2.24) is 10.2 Å². The monoisotopic (exact) mass is 294 g/mol. The lowest BCUT2D eigenvalue weighted by Crippen LogP contribution is -2.38. The molecule has 1 aliphatic rings. The molecule has 1 saturated heterocycles. The third-order valence-corrected chi connectivity index (χ3v) is 4.01. The molecule has 1 aromatic rings. The fourth-order valence-electron chi connectivity index (χ4n) is 2.89. The Morgan fingerprint density at radius 1 is 1.35 bits per heavy atom. The summed E-state index contributed by atoms with van der Waals surface area (Å²) in [6.07, 6.45) is 4.43. The molecule has 112 valence electrons. The second kappa shape index (κ2) is 8.46. The van der Waals surface area contributed by atoms with Gasteiger partial charge in [-0.2, -0.15) is 0 Å². The molecule has 2 nitrogen and oxygen atoms in total. The molecule has 2 rings (SSSR count). The van der Waals surface area contributed by atoms with Crippen LogP contribution in [-0.2, 0) is 6.42 Å². The van der Waals surface area contributed by atoms with E-state index in [9.17, 15) is 0 Å². The molecule has 0 bridgehead atoms. The number of halogens is 1. The van der Waals surface area contributed by atoms with E-state index in [0.717, 1.165) is 32.6 Å². The zero-order chi connectivity index (χ0) is 13.6. The second-order valence-corrected chi connectivity index (χ2v) is 6.00. The van der Waals surface area contributed by atoms with Crippen molar-refractivity contribution in [3.8, 4) is 0 Å². The van der Waals surface area contributed by atoms with E-state index in [-0.39, 0.29) is 12.4 Å². The van der Waals surface area contributed by atoms with Crippen LogP contribution in [0.4, 0.5) is 0 Å². The summed E-state index contributed by atoms with van der Waals surface area (Å²) in [5.41, 5.74) is 1.85. The van der Waals surface area contributed by atoms with Crippen LogP contribution in [0.2, 0.25) is 0 Å². The van der Waals surface area contributed by atoms with E-state index < -0.39 is 0 Å². The maximum Gasteiger partial charge on any atom is 0.0160 e.